The van der Waals surface area contributed by atoms with Crippen molar-refractivity contribution in [3.63, 3.8) is 0 Å². The minimum absolute atomic E-state index is 0.0300. The first kappa shape index (κ1) is 10.3. The molecule has 2 heterocycles. The fourth-order valence-electron chi connectivity index (χ4n) is 2.25. The van der Waals surface area contributed by atoms with Crippen molar-refractivity contribution in [3.8, 4) is 0 Å². The van der Waals surface area contributed by atoms with Gasteiger partial charge >= 0.3 is 5.97 Å². The summed E-state index contributed by atoms with van der Waals surface area (Å²) in [5.41, 5.74) is 1.62. The second kappa shape index (κ2) is 3.58. The Morgan fingerprint density at radius 3 is 2.88 bits per heavy atom. The highest BCUT2D eigenvalue weighted by Gasteiger charge is 2.41. The van der Waals surface area contributed by atoms with Gasteiger partial charge in [0.1, 0.15) is 6.04 Å². The lowest BCUT2D eigenvalue weighted by Crippen LogP contribution is -2.49. The number of hydrogen-bond donors (Lipinski definition) is 2. The molecule has 1 atom stereocenters. The summed E-state index contributed by atoms with van der Waals surface area (Å²) in [5, 5.41) is 9.19. The molecule has 1 unspecified atom stereocenters. The van der Waals surface area contributed by atoms with Gasteiger partial charge in [-0.2, -0.15) is 0 Å². The van der Waals surface area contributed by atoms with E-state index in [0.29, 0.717) is 13.0 Å². The number of fused-ring (bicyclic) bond motifs is 1. The van der Waals surface area contributed by atoms with Crippen LogP contribution in [0.4, 0.5) is 0 Å². The number of hydrogen-bond acceptors (Lipinski definition) is 3. The van der Waals surface area contributed by atoms with E-state index in [0.717, 1.165) is 24.2 Å². The minimum Gasteiger partial charge on any atom is -0.480 e. The maximum absolute atomic E-state index is 12.0. The van der Waals surface area contributed by atoms with E-state index in [1.807, 2.05) is 0 Å². The van der Waals surface area contributed by atoms with Crippen LogP contribution >= 0.6 is 0 Å². The van der Waals surface area contributed by atoms with Crippen LogP contribution in [-0.2, 0) is 22.6 Å². The van der Waals surface area contributed by atoms with E-state index in [4.69, 9.17) is 0 Å². The zero-order valence-corrected chi connectivity index (χ0v) is 9.22. The first-order valence-electron chi connectivity index (χ1n) is 5.71. The van der Waals surface area contributed by atoms with Crippen molar-refractivity contribution in [2.45, 2.75) is 31.8 Å². The number of imidazole rings is 1. The van der Waals surface area contributed by atoms with Crippen LogP contribution < -0.4 is 0 Å². The largest absolute Gasteiger partial charge is 0.480 e. The van der Waals surface area contributed by atoms with Gasteiger partial charge in [0.15, 0.2) is 0 Å². The van der Waals surface area contributed by atoms with Crippen LogP contribution in [0.15, 0.2) is 6.33 Å². The van der Waals surface area contributed by atoms with Gasteiger partial charge in [-0.15, -0.1) is 0 Å². The minimum atomic E-state index is -0.951. The summed E-state index contributed by atoms with van der Waals surface area (Å²) in [4.78, 5) is 31.8. The van der Waals surface area contributed by atoms with Gasteiger partial charge in [-0.05, 0) is 12.8 Å². The molecule has 0 saturated heterocycles. The predicted octanol–water partition coefficient (Wildman–Crippen LogP) is 0.158. The Hall–Kier alpha value is -1.85. The SMILES string of the molecule is O=C(O)C1Cc2nc[nH]c2CN1C(=O)C1CC1. The summed E-state index contributed by atoms with van der Waals surface area (Å²) in [5.74, 6) is -0.938. The Morgan fingerprint density at radius 1 is 1.47 bits per heavy atom. The van der Waals surface area contributed by atoms with Gasteiger partial charge in [0.2, 0.25) is 5.91 Å². The third-order valence-corrected chi connectivity index (χ3v) is 3.39. The Kier molecular flexibility index (Phi) is 2.17. The Balaban J connectivity index is 1.90. The number of rotatable bonds is 2. The van der Waals surface area contributed by atoms with Crippen molar-refractivity contribution in [3.05, 3.63) is 17.7 Å². The Morgan fingerprint density at radius 2 is 2.24 bits per heavy atom. The lowest BCUT2D eigenvalue weighted by atomic mass is 10.0. The fourth-order valence-corrected chi connectivity index (χ4v) is 2.25. The number of carboxylic acid groups (broad SMARTS) is 1. The number of aliphatic carboxylic acids is 1. The zero-order valence-electron chi connectivity index (χ0n) is 9.22. The molecule has 1 fully saturated rings. The monoisotopic (exact) mass is 235 g/mol. The lowest BCUT2D eigenvalue weighted by molar-refractivity contribution is -0.152. The molecule has 1 aliphatic heterocycles. The molecule has 1 aliphatic carbocycles. The van der Waals surface area contributed by atoms with E-state index in [9.17, 15) is 14.7 Å². The standard InChI is InChI=1S/C11H13N3O3/c15-10(6-1-2-6)14-4-8-7(12-5-13-8)3-9(14)11(16)17/h5-6,9H,1-4H2,(H,12,13)(H,16,17). The molecule has 6 nitrogen and oxygen atoms in total. The highest BCUT2D eigenvalue weighted by molar-refractivity contribution is 5.87. The molecule has 0 bridgehead atoms. The van der Waals surface area contributed by atoms with E-state index in [2.05, 4.69) is 9.97 Å². The second-order valence-electron chi connectivity index (χ2n) is 4.63. The van der Waals surface area contributed by atoms with Gasteiger partial charge in [-0.1, -0.05) is 0 Å². The summed E-state index contributed by atoms with van der Waals surface area (Å²) in [6.07, 6.45) is 3.62. The number of carbonyl (C=O) groups excluding carboxylic acids is 1. The van der Waals surface area contributed by atoms with Crippen LogP contribution in [0.2, 0.25) is 0 Å². The van der Waals surface area contributed by atoms with E-state index >= 15 is 0 Å². The number of carboxylic acids is 1. The molecule has 1 aromatic heterocycles. The van der Waals surface area contributed by atoms with Crippen LogP contribution in [0.3, 0.4) is 0 Å². The number of aromatic nitrogens is 2. The molecule has 17 heavy (non-hydrogen) atoms. The molecule has 6 heteroatoms. The average Bonchev–Trinajstić information content (AvgIpc) is 3.05. The molecule has 0 spiro atoms. The molecular weight excluding hydrogens is 222 g/mol. The smallest absolute Gasteiger partial charge is 0.326 e. The van der Waals surface area contributed by atoms with Gasteiger partial charge in [-0.25, -0.2) is 9.78 Å². The second-order valence-corrected chi connectivity index (χ2v) is 4.63. The summed E-state index contributed by atoms with van der Waals surface area (Å²) < 4.78 is 0. The first-order valence-corrected chi connectivity index (χ1v) is 5.71. The Bertz CT molecular complexity index is 478. The van der Waals surface area contributed by atoms with E-state index < -0.39 is 12.0 Å². The van der Waals surface area contributed by atoms with Gasteiger partial charge < -0.3 is 15.0 Å². The van der Waals surface area contributed by atoms with Crippen molar-refractivity contribution in [1.82, 2.24) is 14.9 Å². The lowest BCUT2D eigenvalue weighted by Gasteiger charge is -2.32. The van der Waals surface area contributed by atoms with Gasteiger partial charge in [0, 0.05) is 12.3 Å². The van der Waals surface area contributed by atoms with Crippen molar-refractivity contribution >= 4 is 11.9 Å². The average molecular weight is 235 g/mol. The van der Waals surface area contributed by atoms with Gasteiger partial charge in [0.25, 0.3) is 0 Å². The van der Waals surface area contributed by atoms with Gasteiger partial charge in [0.05, 0.1) is 24.3 Å². The van der Waals surface area contributed by atoms with Crippen LogP contribution in [-0.4, -0.2) is 37.9 Å². The maximum atomic E-state index is 12.0. The molecule has 90 valence electrons. The summed E-state index contributed by atoms with van der Waals surface area (Å²) >= 11 is 0. The number of carbonyl (C=O) groups is 2. The number of nitrogens with zero attached hydrogens (tertiary/aromatic N) is 2. The molecule has 0 aromatic carbocycles. The van der Waals surface area contributed by atoms with E-state index in [-0.39, 0.29) is 11.8 Å². The van der Waals surface area contributed by atoms with Crippen LogP contribution in [0.25, 0.3) is 0 Å². The third-order valence-electron chi connectivity index (χ3n) is 3.39. The quantitative estimate of drug-likeness (QED) is 0.764. The van der Waals surface area contributed by atoms with Gasteiger partial charge in [-0.3, -0.25) is 4.79 Å². The van der Waals surface area contributed by atoms with Crippen LogP contribution in [0, 0.1) is 5.92 Å². The summed E-state index contributed by atoms with van der Waals surface area (Å²) in [7, 11) is 0. The topological polar surface area (TPSA) is 86.3 Å². The molecule has 2 aliphatic rings. The summed E-state index contributed by atoms with van der Waals surface area (Å²) in [6.45, 7) is 0.335. The molecule has 0 radical (unpaired) electrons. The molecule has 2 N–H and O–H groups in total. The zero-order chi connectivity index (χ0) is 12.0. The molecule has 1 amide bonds. The highest BCUT2D eigenvalue weighted by atomic mass is 16.4. The molecule has 1 saturated carbocycles. The predicted molar refractivity (Wildman–Crippen MR) is 57.0 cm³/mol. The van der Waals surface area contributed by atoms with Crippen LogP contribution in [0.5, 0.6) is 0 Å². The molecule has 3 rings (SSSR count). The Labute approximate surface area is 97.6 Å². The molecular formula is C11H13N3O3. The number of aromatic amines is 1. The van der Waals surface area contributed by atoms with Crippen molar-refractivity contribution in [2.24, 2.45) is 5.92 Å². The summed E-state index contributed by atoms with van der Waals surface area (Å²) in [6, 6.07) is -0.765. The third kappa shape index (κ3) is 1.69. The van der Waals surface area contributed by atoms with E-state index in [1.54, 1.807) is 6.33 Å². The normalized spacial score (nSPS) is 23.3. The van der Waals surface area contributed by atoms with Crippen molar-refractivity contribution < 1.29 is 14.7 Å². The first-order chi connectivity index (χ1) is 8.16. The number of nitrogens with one attached hydrogen (secondary N) is 1. The van der Waals surface area contributed by atoms with E-state index in [1.165, 1.54) is 4.90 Å². The number of amides is 1. The maximum Gasteiger partial charge on any atom is 0.326 e. The van der Waals surface area contributed by atoms with Crippen LogP contribution in [0.1, 0.15) is 24.2 Å². The number of H-pyrrole nitrogens is 1. The highest BCUT2D eigenvalue weighted by Crippen LogP contribution is 2.33. The fraction of sp³-hybridized carbons (Fsp3) is 0.545. The van der Waals surface area contributed by atoms with Crippen molar-refractivity contribution in [1.29, 1.82) is 0 Å². The van der Waals surface area contributed by atoms with Crippen molar-refractivity contribution in [2.75, 3.05) is 0 Å². The molecule has 1 aromatic rings.